The van der Waals surface area contributed by atoms with Crippen molar-refractivity contribution < 1.29 is 9.59 Å². The van der Waals surface area contributed by atoms with Gasteiger partial charge in [0.2, 0.25) is 5.91 Å². The number of amides is 2. The molecule has 7 heteroatoms. The maximum Gasteiger partial charge on any atom is 0.273 e. The van der Waals surface area contributed by atoms with Gasteiger partial charge in [-0.25, -0.2) is 9.97 Å². The molecule has 2 amide bonds. The van der Waals surface area contributed by atoms with E-state index < -0.39 is 0 Å². The van der Waals surface area contributed by atoms with Crippen molar-refractivity contribution in [1.29, 1.82) is 0 Å². The van der Waals surface area contributed by atoms with Gasteiger partial charge in [0.25, 0.3) is 5.91 Å². The molecule has 1 fully saturated rings. The zero-order valence-electron chi connectivity index (χ0n) is 16.4. The summed E-state index contributed by atoms with van der Waals surface area (Å²) in [6, 6.07) is 10.5. The van der Waals surface area contributed by atoms with Crippen LogP contribution in [0.15, 0.2) is 42.7 Å². The summed E-state index contributed by atoms with van der Waals surface area (Å²) >= 11 is 0. The number of hydrogen-bond acceptors (Lipinski definition) is 5. The maximum absolute atomic E-state index is 12.7. The van der Waals surface area contributed by atoms with Crippen molar-refractivity contribution in [2.24, 2.45) is 5.92 Å². The van der Waals surface area contributed by atoms with Crippen LogP contribution in [0.1, 0.15) is 42.7 Å². The first-order valence-electron chi connectivity index (χ1n) is 9.72. The number of aromatic nitrogens is 2. The summed E-state index contributed by atoms with van der Waals surface area (Å²) in [5.41, 5.74) is 1.46. The van der Waals surface area contributed by atoms with Crippen LogP contribution in [0.5, 0.6) is 0 Å². The van der Waals surface area contributed by atoms with Crippen molar-refractivity contribution in [3.8, 4) is 0 Å². The third-order valence-corrected chi connectivity index (χ3v) is 4.85. The molecule has 3 rings (SSSR count). The molecule has 2 aromatic rings. The molecule has 0 spiro atoms. The number of hydrogen-bond donors (Lipinski definition) is 2. The fourth-order valence-electron chi connectivity index (χ4n) is 3.19. The molecule has 1 aromatic heterocycles. The second-order valence-corrected chi connectivity index (χ2v) is 7.41. The lowest BCUT2D eigenvalue weighted by Crippen LogP contribution is -2.44. The number of nitrogens with one attached hydrogen (secondary N) is 2. The van der Waals surface area contributed by atoms with Crippen molar-refractivity contribution >= 4 is 17.6 Å². The SMILES string of the molecule is CC(C)C(=O)Nc1nccnc1C(=O)NC1CCN(Cc2ccccc2)CC1. The molecule has 0 unspecified atom stereocenters. The average Bonchev–Trinajstić information content (AvgIpc) is 2.70. The van der Waals surface area contributed by atoms with Crippen LogP contribution in [0, 0.1) is 5.92 Å². The minimum Gasteiger partial charge on any atom is -0.348 e. The fourth-order valence-corrected chi connectivity index (χ4v) is 3.19. The van der Waals surface area contributed by atoms with Crippen molar-refractivity contribution in [3.63, 3.8) is 0 Å². The molecular weight excluding hydrogens is 354 g/mol. The minimum absolute atomic E-state index is 0.0928. The Morgan fingerprint density at radius 2 is 1.79 bits per heavy atom. The number of nitrogens with zero attached hydrogens (tertiary/aromatic N) is 3. The molecule has 1 aliphatic rings. The Morgan fingerprint density at radius 3 is 2.46 bits per heavy atom. The monoisotopic (exact) mass is 381 g/mol. The van der Waals surface area contributed by atoms with Crippen molar-refractivity contribution in [2.45, 2.75) is 39.3 Å². The Bertz CT molecular complexity index is 801. The first-order chi connectivity index (χ1) is 13.5. The summed E-state index contributed by atoms with van der Waals surface area (Å²) in [6.45, 7) is 6.36. The third kappa shape index (κ3) is 5.36. The van der Waals surface area contributed by atoms with Gasteiger partial charge in [-0.05, 0) is 18.4 Å². The van der Waals surface area contributed by atoms with Gasteiger partial charge in [0.1, 0.15) is 0 Å². The predicted octanol–water partition coefficient (Wildman–Crippen LogP) is 2.47. The number of likely N-dealkylation sites (tertiary alicyclic amines) is 1. The summed E-state index contributed by atoms with van der Waals surface area (Å²) < 4.78 is 0. The van der Waals surface area contributed by atoms with Crippen LogP contribution in [-0.4, -0.2) is 45.8 Å². The predicted molar refractivity (Wildman–Crippen MR) is 108 cm³/mol. The largest absolute Gasteiger partial charge is 0.348 e. The Labute approximate surface area is 165 Å². The van der Waals surface area contributed by atoms with Gasteiger partial charge >= 0.3 is 0 Å². The van der Waals surface area contributed by atoms with Gasteiger partial charge in [-0.15, -0.1) is 0 Å². The summed E-state index contributed by atoms with van der Waals surface area (Å²) in [4.78, 5) is 35.3. The summed E-state index contributed by atoms with van der Waals surface area (Å²) in [5.74, 6) is -0.482. The van der Waals surface area contributed by atoms with Crippen molar-refractivity contribution in [1.82, 2.24) is 20.2 Å². The number of carbonyl (C=O) groups excluding carboxylic acids is 2. The van der Waals surface area contributed by atoms with Gasteiger partial charge in [-0.2, -0.15) is 0 Å². The average molecular weight is 381 g/mol. The molecule has 1 saturated heterocycles. The van der Waals surface area contributed by atoms with E-state index >= 15 is 0 Å². The maximum atomic E-state index is 12.7. The van der Waals surface area contributed by atoms with E-state index in [1.54, 1.807) is 13.8 Å². The molecule has 0 bridgehead atoms. The molecule has 148 valence electrons. The fraction of sp³-hybridized carbons (Fsp3) is 0.429. The van der Waals surface area contributed by atoms with E-state index in [1.165, 1.54) is 18.0 Å². The summed E-state index contributed by atoms with van der Waals surface area (Å²) in [7, 11) is 0. The topological polar surface area (TPSA) is 87.2 Å². The minimum atomic E-state index is -0.298. The Hall–Kier alpha value is -2.80. The third-order valence-electron chi connectivity index (χ3n) is 4.85. The summed E-state index contributed by atoms with van der Waals surface area (Å²) in [6.07, 6.45) is 4.69. The standard InChI is InChI=1S/C21H27N5O2/c1-15(2)20(27)25-19-18(22-10-11-23-19)21(28)24-17-8-12-26(13-9-17)14-16-6-4-3-5-7-16/h3-7,10-11,15,17H,8-9,12-14H2,1-2H3,(H,24,28)(H,23,25,27). The molecule has 2 N–H and O–H groups in total. The smallest absolute Gasteiger partial charge is 0.273 e. The van der Waals surface area contributed by atoms with Crippen LogP contribution in [-0.2, 0) is 11.3 Å². The van der Waals surface area contributed by atoms with Crippen molar-refractivity contribution in [2.75, 3.05) is 18.4 Å². The Kier molecular flexibility index (Phi) is 6.71. The van der Waals surface area contributed by atoms with E-state index in [9.17, 15) is 9.59 Å². The molecule has 2 heterocycles. The molecule has 7 nitrogen and oxygen atoms in total. The van der Waals surface area contributed by atoms with Crippen LogP contribution in [0.2, 0.25) is 0 Å². The number of benzene rings is 1. The highest BCUT2D eigenvalue weighted by molar-refractivity contribution is 6.01. The molecule has 0 radical (unpaired) electrons. The highest BCUT2D eigenvalue weighted by Gasteiger charge is 2.24. The molecule has 0 saturated carbocycles. The number of anilines is 1. The summed E-state index contributed by atoms with van der Waals surface area (Å²) in [5, 5.41) is 5.72. The normalized spacial score (nSPS) is 15.4. The molecule has 1 aromatic carbocycles. The number of carbonyl (C=O) groups is 2. The van der Waals surface area contributed by atoms with E-state index in [2.05, 4.69) is 49.8 Å². The van der Waals surface area contributed by atoms with Gasteiger partial charge in [0.05, 0.1) is 0 Å². The molecule has 0 atom stereocenters. The Morgan fingerprint density at radius 1 is 1.11 bits per heavy atom. The zero-order valence-corrected chi connectivity index (χ0v) is 16.4. The van der Waals surface area contributed by atoms with Gasteiger partial charge in [0.15, 0.2) is 11.5 Å². The van der Waals surface area contributed by atoms with E-state index in [-0.39, 0.29) is 35.3 Å². The first kappa shape index (κ1) is 19.9. The van der Waals surface area contributed by atoms with Gasteiger partial charge < -0.3 is 10.6 Å². The number of piperidine rings is 1. The van der Waals surface area contributed by atoms with E-state index in [1.807, 2.05) is 6.07 Å². The second kappa shape index (κ2) is 9.41. The number of rotatable bonds is 6. The highest BCUT2D eigenvalue weighted by atomic mass is 16.2. The van der Waals surface area contributed by atoms with E-state index in [4.69, 9.17) is 0 Å². The molecule has 0 aliphatic carbocycles. The van der Waals surface area contributed by atoms with Crippen LogP contribution in [0.4, 0.5) is 5.82 Å². The van der Waals surface area contributed by atoms with Crippen LogP contribution < -0.4 is 10.6 Å². The zero-order chi connectivity index (χ0) is 19.9. The highest BCUT2D eigenvalue weighted by Crippen LogP contribution is 2.16. The van der Waals surface area contributed by atoms with Crippen molar-refractivity contribution in [3.05, 3.63) is 54.0 Å². The van der Waals surface area contributed by atoms with E-state index in [0.717, 1.165) is 32.5 Å². The lowest BCUT2D eigenvalue weighted by Gasteiger charge is -2.32. The van der Waals surface area contributed by atoms with Crippen LogP contribution >= 0.6 is 0 Å². The Balaban J connectivity index is 1.54. The molecule has 1 aliphatic heterocycles. The van der Waals surface area contributed by atoms with Crippen LogP contribution in [0.25, 0.3) is 0 Å². The van der Waals surface area contributed by atoms with Gasteiger partial charge in [-0.1, -0.05) is 44.2 Å². The van der Waals surface area contributed by atoms with Crippen LogP contribution in [0.3, 0.4) is 0 Å². The molecule has 28 heavy (non-hydrogen) atoms. The van der Waals surface area contributed by atoms with Gasteiger partial charge in [-0.3, -0.25) is 14.5 Å². The lowest BCUT2D eigenvalue weighted by molar-refractivity contribution is -0.118. The molecular formula is C21H27N5O2. The first-order valence-corrected chi connectivity index (χ1v) is 9.72. The second-order valence-electron chi connectivity index (χ2n) is 7.41. The van der Waals surface area contributed by atoms with Gasteiger partial charge in [0, 0.05) is 44.0 Å². The lowest BCUT2D eigenvalue weighted by atomic mass is 10.0. The van der Waals surface area contributed by atoms with E-state index in [0.29, 0.717) is 0 Å². The quantitative estimate of drug-likeness (QED) is 0.803.